The Hall–Kier alpha value is -1.91. The lowest BCUT2D eigenvalue weighted by Crippen LogP contribution is -2.37. The predicted molar refractivity (Wildman–Crippen MR) is 145 cm³/mol. The van der Waals surface area contributed by atoms with E-state index in [1.54, 1.807) is 11.3 Å². The van der Waals surface area contributed by atoms with Gasteiger partial charge in [-0.25, -0.2) is 10.3 Å². The molecule has 36 heavy (non-hydrogen) atoms. The smallest absolute Gasteiger partial charge is 0.250 e. The largest absolute Gasteiger partial charge is 0.369 e. The van der Waals surface area contributed by atoms with E-state index in [1.165, 1.54) is 11.3 Å². The highest BCUT2D eigenvalue weighted by molar-refractivity contribution is 8.00. The number of thiophene rings is 1. The lowest BCUT2D eigenvalue weighted by Gasteiger charge is -2.35. The molecule has 196 valence electrons. The van der Waals surface area contributed by atoms with Gasteiger partial charge in [-0.1, -0.05) is 18.6 Å². The summed E-state index contributed by atoms with van der Waals surface area (Å²) in [6, 6.07) is 12.1. The molecule has 1 aromatic heterocycles. The molecule has 0 radical (unpaired) electrons. The van der Waals surface area contributed by atoms with E-state index in [1.807, 2.05) is 49.9 Å². The molecule has 0 spiro atoms. The minimum Gasteiger partial charge on any atom is -0.369 e. The molecule has 2 saturated heterocycles. The summed E-state index contributed by atoms with van der Waals surface area (Å²) < 4.78 is 10.7. The summed E-state index contributed by atoms with van der Waals surface area (Å²) >= 11 is 3.59. The highest BCUT2D eigenvalue weighted by Crippen LogP contribution is 2.51. The molecule has 9 heteroatoms. The number of rotatable bonds is 10. The number of nitrogens with one attached hydrogen (secondary N) is 2. The molecule has 3 heterocycles. The van der Waals surface area contributed by atoms with Crippen molar-refractivity contribution >= 4 is 40.6 Å². The molecular weight excluding hydrogens is 496 g/mol. The Morgan fingerprint density at radius 2 is 2.03 bits per heavy atom. The highest BCUT2D eigenvalue weighted by Gasteiger charge is 2.38. The molecule has 2 fully saturated rings. The van der Waals surface area contributed by atoms with Gasteiger partial charge < -0.3 is 14.8 Å². The first-order valence-electron chi connectivity index (χ1n) is 12.8. The van der Waals surface area contributed by atoms with E-state index in [2.05, 4.69) is 22.9 Å². The maximum Gasteiger partial charge on any atom is 0.250 e. The van der Waals surface area contributed by atoms with Crippen LogP contribution in [0.25, 0.3) is 10.4 Å². The number of carbonyl (C=O) groups excluding carboxylic acids is 2. The van der Waals surface area contributed by atoms with E-state index < -0.39 is 0 Å². The van der Waals surface area contributed by atoms with Crippen molar-refractivity contribution < 1.29 is 23.9 Å². The summed E-state index contributed by atoms with van der Waals surface area (Å²) in [7, 11) is 0. The van der Waals surface area contributed by atoms with E-state index in [-0.39, 0.29) is 35.6 Å². The van der Waals surface area contributed by atoms with E-state index in [0.717, 1.165) is 54.0 Å². The first kappa shape index (κ1) is 27.1. The summed E-state index contributed by atoms with van der Waals surface area (Å²) in [6.07, 6.45) is 6.14. The second-order valence-corrected chi connectivity index (χ2v) is 12.1. The Bertz CT molecular complexity index is 1010. The fraction of sp³-hybridized carbons (Fsp3) is 0.556. The van der Waals surface area contributed by atoms with Gasteiger partial charge in [0.05, 0.1) is 10.9 Å². The Kier molecular flexibility index (Phi) is 9.84. The van der Waals surface area contributed by atoms with Gasteiger partial charge in [0, 0.05) is 34.9 Å². The Morgan fingerprint density at radius 3 is 2.78 bits per heavy atom. The van der Waals surface area contributed by atoms with Crippen LogP contribution in [-0.4, -0.2) is 43.2 Å². The highest BCUT2D eigenvalue weighted by atomic mass is 32.2. The molecule has 7 nitrogen and oxygen atoms in total. The standard InChI is InChI=1S/C27H36N2O5S2/c1-19(2)33-18-25(31)28-21-9-7-8-20(16-21)22-11-12-23(36-22)27(13-4-6-15-35-27)17-24(30)29-34-26-10-3-5-14-32-26/h7-9,11-12,16,19,26H,3-6,10,13-15,17-18H2,1-2H3,(H,28,31)(H,29,30)/t26?,27-/m0/s1. The van der Waals surface area contributed by atoms with Crippen molar-refractivity contribution in [2.45, 2.75) is 75.9 Å². The van der Waals surface area contributed by atoms with Gasteiger partial charge in [-0.15, -0.1) is 23.1 Å². The maximum absolute atomic E-state index is 12.9. The number of carbonyl (C=O) groups is 2. The molecule has 0 saturated carbocycles. The van der Waals surface area contributed by atoms with Gasteiger partial charge in [0.25, 0.3) is 0 Å². The van der Waals surface area contributed by atoms with Crippen molar-refractivity contribution in [3.63, 3.8) is 0 Å². The van der Waals surface area contributed by atoms with Gasteiger partial charge in [-0.3, -0.25) is 9.59 Å². The van der Waals surface area contributed by atoms with Crippen LogP contribution >= 0.6 is 23.1 Å². The quantitative estimate of drug-likeness (QED) is 0.373. The third-order valence-corrected chi connectivity index (χ3v) is 9.36. The van der Waals surface area contributed by atoms with Gasteiger partial charge in [0.15, 0.2) is 6.29 Å². The number of ether oxygens (including phenoxy) is 2. The fourth-order valence-corrected chi connectivity index (χ4v) is 7.32. The van der Waals surface area contributed by atoms with Crippen LogP contribution in [0.4, 0.5) is 5.69 Å². The number of thioether (sulfide) groups is 1. The second kappa shape index (κ2) is 13.1. The SMILES string of the molecule is CC(C)OCC(=O)Nc1cccc(-c2ccc([C@@]3(CC(=O)NOC4CCCCO4)CCCCS3)s2)c1. The lowest BCUT2D eigenvalue weighted by molar-refractivity contribution is -0.200. The van der Waals surface area contributed by atoms with Gasteiger partial charge in [-0.2, -0.15) is 0 Å². The number of benzene rings is 1. The summed E-state index contributed by atoms with van der Waals surface area (Å²) in [5.41, 5.74) is 4.43. The molecule has 1 aromatic carbocycles. The topological polar surface area (TPSA) is 85.9 Å². The molecular formula is C27H36N2O5S2. The predicted octanol–water partition coefficient (Wildman–Crippen LogP) is 5.86. The van der Waals surface area contributed by atoms with E-state index in [9.17, 15) is 9.59 Å². The number of hydrogen-bond donors (Lipinski definition) is 2. The van der Waals surface area contributed by atoms with Gasteiger partial charge >= 0.3 is 0 Å². The molecule has 2 atom stereocenters. The summed E-state index contributed by atoms with van der Waals surface area (Å²) in [6.45, 7) is 4.52. The molecule has 4 rings (SSSR count). The number of hydrogen-bond acceptors (Lipinski definition) is 7. The molecule has 0 aliphatic carbocycles. The Labute approximate surface area is 221 Å². The second-order valence-electron chi connectivity index (χ2n) is 9.57. The first-order chi connectivity index (χ1) is 17.4. The van der Waals surface area contributed by atoms with Gasteiger partial charge in [-0.05, 0) is 75.1 Å². The van der Waals surface area contributed by atoms with E-state index >= 15 is 0 Å². The Balaban J connectivity index is 1.43. The van der Waals surface area contributed by atoms with Crippen molar-refractivity contribution in [1.29, 1.82) is 0 Å². The van der Waals surface area contributed by atoms with Crippen molar-refractivity contribution in [1.82, 2.24) is 5.48 Å². The number of hydroxylamine groups is 1. The van der Waals surface area contributed by atoms with Crippen LogP contribution in [0.2, 0.25) is 0 Å². The minimum absolute atomic E-state index is 0.00541. The maximum atomic E-state index is 12.9. The minimum atomic E-state index is -0.351. The average molecular weight is 533 g/mol. The van der Waals surface area contributed by atoms with Crippen molar-refractivity contribution in [2.75, 3.05) is 24.3 Å². The van der Waals surface area contributed by atoms with Crippen LogP contribution in [0.1, 0.15) is 63.7 Å². The fourth-order valence-electron chi connectivity index (χ4n) is 4.43. The van der Waals surface area contributed by atoms with Crippen LogP contribution in [0.5, 0.6) is 0 Å². The molecule has 2 aliphatic heterocycles. The zero-order chi connectivity index (χ0) is 25.4. The van der Waals surface area contributed by atoms with Crippen molar-refractivity contribution in [3.8, 4) is 10.4 Å². The third-order valence-electron chi connectivity index (χ3n) is 6.28. The summed E-state index contributed by atoms with van der Waals surface area (Å²) in [5, 5.41) is 2.91. The van der Waals surface area contributed by atoms with Gasteiger partial charge in [0.2, 0.25) is 11.8 Å². The zero-order valence-electron chi connectivity index (χ0n) is 21.0. The third kappa shape index (κ3) is 7.55. The van der Waals surface area contributed by atoms with Crippen LogP contribution in [-0.2, 0) is 28.6 Å². The van der Waals surface area contributed by atoms with Crippen LogP contribution in [0.15, 0.2) is 36.4 Å². The number of anilines is 1. The first-order valence-corrected chi connectivity index (χ1v) is 14.6. The van der Waals surface area contributed by atoms with Crippen molar-refractivity contribution in [2.24, 2.45) is 0 Å². The molecule has 2 N–H and O–H groups in total. The summed E-state index contributed by atoms with van der Waals surface area (Å²) in [5.74, 6) is 0.756. The molecule has 2 aliphatic rings. The molecule has 0 bridgehead atoms. The van der Waals surface area contributed by atoms with E-state index in [0.29, 0.717) is 13.0 Å². The number of amides is 2. The lowest BCUT2D eigenvalue weighted by atomic mass is 9.94. The Morgan fingerprint density at radius 1 is 1.14 bits per heavy atom. The molecule has 2 aromatic rings. The zero-order valence-corrected chi connectivity index (χ0v) is 22.7. The van der Waals surface area contributed by atoms with Gasteiger partial charge in [0.1, 0.15) is 6.61 Å². The monoisotopic (exact) mass is 532 g/mol. The molecule has 1 unspecified atom stereocenters. The van der Waals surface area contributed by atoms with Crippen LogP contribution < -0.4 is 10.8 Å². The van der Waals surface area contributed by atoms with Crippen LogP contribution in [0.3, 0.4) is 0 Å². The molecule has 2 amide bonds. The normalized spacial score (nSPS) is 22.4. The van der Waals surface area contributed by atoms with E-state index in [4.69, 9.17) is 14.3 Å². The summed E-state index contributed by atoms with van der Waals surface area (Å²) in [4.78, 5) is 32.9. The average Bonchev–Trinajstić information content (AvgIpc) is 3.39. The van der Waals surface area contributed by atoms with Crippen LogP contribution in [0, 0.1) is 0 Å². The van der Waals surface area contributed by atoms with Crippen molar-refractivity contribution in [3.05, 3.63) is 41.3 Å².